The van der Waals surface area contributed by atoms with Gasteiger partial charge in [0.25, 0.3) is 0 Å². The monoisotopic (exact) mass is 847 g/mol. The van der Waals surface area contributed by atoms with Crippen molar-refractivity contribution in [1.29, 1.82) is 0 Å². The smallest absolute Gasteiger partial charge is 0.247 e. The number of hydrogen-bond donors (Lipinski definition) is 0. The molecule has 64 heavy (non-hydrogen) atoms. The van der Waals surface area contributed by atoms with Gasteiger partial charge in [0.1, 0.15) is 0 Å². The van der Waals surface area contributed by atoms with Crippen LogP contribution in [0.15, 0.2) is 250 Å². The fraction of sp³-hybridized carbons (Fsp3) is 0. The third-order valence-corrected chi connectivity index (χ3v) is 15.4. The molecule has 0 atom stereocenters. The molecule has 0 aromatic heterocycles. The van der Waals surface area contributed by atoms with E-state index in [1.165, 1.54) is 102 Å². The minimum Gasteiger partial charge on any atom is -0.310 e. The molecule has 298 valence electrons. The van der Waals surface area contributed by atoms with Gasteiger partial charge in [0.2, 0.25) is 6.71 Å². The SMILES string of the molecule is c1ccc(-c2ccc(-c3c4ccccc4c(-c4cc5c6c(c4)Sc4cc(N(c7ccccc7)c7ccccc7)ccc4B6c4ccccc4S5)c4ccccc34)c3ccccc23)cc1. The molecule has 4 heteroatoms. The third-order valence-electron chi connectivity index (χ3n) is 13.2. The van der Waals surface area contributed by atoms with Gasteiger partial charge in [-0.2, -0.15) is 0 Å². The number of fused-ring (bicyclic) bond motifs is 7. The van der Waals surface area contributed by atoms with Gasteiger partial charge in [-0.3, -0.25) is 0 Å². The van der Waals surface area contributed by atoms with Gasteiger partial charge in [0.05, 0.1) is 0 Å². The van der Waals surface area contributed by atoms with E-state index in [0.29, 0.717) is 0 Å². The van der Waals surface area contributed by atoms with Crippen LogP contribution in [0.2, 0.25) is 0 Å². The summed E-state index contributed by atoms with van der Waals surface area (Å²) in [6.45, 7) is 0.145. The molecule has 0 radical (unpaired) electrons. The zero-order valence-corrected chi connectivity index (χ0v) is 36.4. The summed E-state index contributed by atoms with van der Waals surface area (Å²) < 4.78 is 0. The van der Waals surface area contributed by atoms with Crippen molar-refractivity contribution in [2.24, 2.45) is 0 Å². The highest BCUT2D eigenvalue weighted by atomic mass is 32.2. The summed E-state index contributed by atoms with van der Waals surface area (Å²) in [6.07, 6.45) is 0. The molecule has 0 unspecified atom stereocenters. The highest BCUT2D eigenvalue weighted by Crippen LogP contribution is 2.49. The molecule has 0 bridgehead atoms. The lowest BCUT2D eigenvalue weighted by Gasteiger charge is -2.34. The number of hydrogen-bond acceptors (Lipinski definition) is 3. The van der Waals surface area contributed by atoms with Crippen LogP contribution < -0.4 is 21.3 Å². The predicted octanol–water partition coefficient (Wildman–Crippen LogP) is 15.1. The molecule has 11 aromatic rings. The third kappa shape index (κ3) is 5.98. The largest absolute Gasteiger partial charge is 0.310 e. The maximum absolute atomic E-state index is 2.50. The van der Waals surface area contributed by atoms with E-state index in [4.69, 9.17) is 0 Å². The van der Waals surface area contributed by atoms with Crippen molar-refractivity contribution in [3.8, 4) is 33.4 Å². The van der Waals surface area contributed by atoms with Gasteiger partial charge in [0.15, 0.2) is 0 Å². The first-order valence-electron chi connectivity index (χ1n) is 21.9. The Bertz CT molecular complexity index is 3530. The van der Waals surface area contributed by atoms with Crippen LogP contribution in [0.3, 0.4) is 0 Å². The maximum Gasteiger partial charge on any atom is 0.247 e. The number of anilines is 3. The van der Waals surface area contributed by atoms with E-state index in [-0.39, 0.29) is 6.71 Å². The summed E-state index contributed by atoms with van der Waals surface area (Å²) in [7, 11) is 0. The van der Waals surface area contributed by atoms with Gasteiger partial charge in [0, 0.05) is 36.6 Å². The Hall–Kier alpha value is -7.24. The quantitative estimate of drug-likeness (QED) is 0.121. The van der Waals surface area contributed by atoms with E-state index in [1.54, 1.807) is 0 Å². The van der Waals surface area contributed by atoms with Crippen LogP contribution in [0, 0.1) is 0 Å². The summed E-state index contributed by atoms with van der Waals surface area (Å²) in [4.78, 5) is 7.67. The molecule has 11 aromatic carbocycles. The lowest BCUT2D eigenvalue weighted by molar-refractivity contribution is 1.26. The van der Waals surface area contributed by atoms with Crippen LogP contribution in [-0.2, 0) is 0 Å². The predicted molar refractivity (Wildman–Crippen MR) is 276 cm³/mol. The topological polar surface area (TPSA) is 3.24 Å². The molecular weight excluding hydrogens is 810 g/mol. The van der Waals surface area contributed by atoms with Crippen LogP contribution in [0.5, 0.6) is 0 Å². The first-order chi connectivity index (χ1) is 31.8. The lowest BCUT2D eigenvalue weighted by atomic mass is 9.36. The van der Waals surface area contributed by atoms with Crippen molar-refractivity contribution >= 4 is 96.0 Å². The van der Waals surface area contributed by atoms with Crippen LogP contribution in [-0.4, -0.2) is 6.71 Å². The fourth-order valence-corrected chi connectivity index (χ4v) is 13.0. The molecule has 0 fully saturated rings. The second-order valence-electron chi connectivity index (χ2n) is 16.7. The zero-order valence-electron chi connectivity index (χ0n) is 34.8. The van der Waals surface area contributed by atoms with E-state index in [0.717, 1.165) is 17.1 Å². The standard InChI is InChI=1S/C60H38BNS2/c1-4-18-39(19-5-1)44-33-34-51(46-25-11-10-24-45(44)46)59-49-28-14-12-26-47(49)58(48-27-13-15-29-50(48)59)40-36-56-60-57(37-40)64-55-38-43(32-35-53(55)61(60)52-30-16-17-31-54(52)63-56)62(41-20-6-2-7-21-41)42-22-8-3-9-23-42/h1-38H. The van der Waals surface area contributed by atoms with Gasteiger partial charge in [-0.25, -0.2) is 0 Å². The van der Waals surface area contributed by atoms with Crippen molar-refractivity contribution in [3.63, 3.8) is 0 Å². The van der Waals surface area contributed by atoms with Crippen LogP contribution in [0.4, 0.5) is 17.1 Å². The first-order valence-corrected chi connectivity index (χ1v) is 23.6. The summed E-state index contributed by atoms with van der Waals surface area (Å²) in [5.74, 6) is 0. The lowest BCUT2D eigenvalue weighted by Crippen LogP contribution is -2.58. The van der Waals surface area contributed by atoms with Crippen LogP contribution in [0.25, 0.3) is 65.7 Å². The molecule has 13 rings (SSSR count). The van der Waals surface area contributed by atoms with Gasteiger partial charge in [-0.15, -0.1) is 0 Å². The minimum atomic E-state index is 0.145. The molecule has 0 spiro atoms. The Morgan fingerprint density at radius 2 is 0.766 bits per heavy atom. The average Bonchev–Trinajstić information content (AvgIpc) is 3.36. The van der Waals surface area contributed by atoms with E-state index in [9.17, 15) is 0 Å². The van der Waals surface area contributed by atoms with E-state index < -0.39 is 0 Å². The van der Waals surface area contributed by atoms with Gasteiger partial charge < -0.3 is 4.90 Å². The van der Waals surface area contributed by atoms with Crippen molar-refractivity contribution in [3.05, 3.63) is 231 Å². The van der Waals surface area contributed by atoms with Crippen molar-refractivity contribution in [1.82, 2.24) is 0 Å². The maximum atomic E-state index is 2.50. The molecule has 0 aliphatic carbocycles. The second-order valence-corrected chi connectivity index (χ2v) is 18.9. The Morgan fingerprint density at radius 1 is 0.297 bits per heavy atom. The van der Waals surface area contributed by atoms with Gasteiger partial charge in [-0.05, 0) is 126 Å². The van der Waals surface area contributed by atoms with Crippen molar-refractivity contribution in [2.75, 3.05) is 4.90 Å². The highest BCUT2D eigenvalue weighted by molar-refractivity contribution is 8.01. The number of para-hydroxylation sites is 2. The second kappa shape index (κ2) is 15.2. The first kappa shape index (κ1) is 37.3. The Kier molecular flexibility index (Phi) is 8.89. The minimum absolute atomic E-state index is 0.145. The Morgan fingerprint density at radius 3 is 1.39 bits per heavy atom. The molecule has 0 saturated carbocycles. The Labute approximate surface area is 382 Å². The fourth-order valence-electron chi connectivity index (χ4n) is 10.4. The molecule has 1 nitrogen and oxygen atoms in total. The number of nitrogens with zero attached hydrogens (tertiary/aromatic N) is 1. The molecule has 0 saturated heterocycles. The number of rotatable bonds is 6. The summed E-state index contributed by atoms with van der Waals surface area (Å²) in [5, 5.41) is 7.59. The summed E-state index contributed by atoms with van der Waals surface area (Å²) in [5.41, 5.74) is 15.2. The molecular formula is C60H38BNS2. The zero-order chi connectivity index (χ0) is 42.1. The van der Waals surface area contributed by atoms with Crippen LogP contribution >= 0.6 is 23.5 Å². The molecule has 2 aliphatic heterocycles. The van der Waals surface area contributed by atoms with E-state index in [2.05, 4.69) is 235 Å². The number of benzene rings is 11. The molecule has 2 aliphatic rings. The summed E-state index contributed by atoms with van der Waals surface area (Å²) in [6, 6.07) is 85.2. The Balaban J connectivity index is 1.02. The van der Waals surface area contributed by atoms with Crippen LogP contribution in [0.1, 0.15) is 0 Å². The highest BCUT2D eigenvalue weighted by Gasteiger charge is 2.39. The normalized spacial score (nSPS) is 12.5. The molecule has 2 heterocycles. The van der Waals surface area contributed by atoms with Crippen molar-refractivity contribution in [2.45, 2.75) is 19.6 Å². The van der Waals surface area contributed by atoms with Crippen molar-refractivity contribution < 1.29 is 0 Å². The average molecular weight is 848 g/mol. The van der Waals surface area contributed by atoms with E-state index >= 15 is 0 Å². The van der Waals surface area contributed by atoms with Gasteiger partial charge >= 0.3 is 0 Å². The van der Waals surface area contributed by atoms with E-state index in [1.807, 2.05) is 23.5 Å². The van der Waals surface area contributed by atoms with Gasteiger partial charge in [-0.1, -0.05) is 210 Å². The summed E-state index contributed by atoms with van der Waals surface area (Å²) >= 11 is 3.85. The molecule has 0 amide bonds. The molecule has 0 N–H and O–H groups in total.